The maximum atomic E-state index is 11.7. The number of ether oxygens (including phenoxy) is 1. The predicted octanol–water partition coefficient (Wildman–Crippen LogP) is 1.31. The highest BCUT2D eigenvalue weighted by Gasteiger charge is 2.25. The highest BCUT2D eigenvalue weighted by molar-refractivity contribution is 5.85. The normalized spacial score (nSPS) is 11.9. The van der Waals surface area contributed by atoms with E-state index >= 15 is 0 Å². The lowest BCUT2D eigenvalue weighted by Gasteiger charge is -2.24. The number of likely N-dealkylation sites (N-methyl/N-ethyl adjacent to an activating group) is 1. The maximum absolute atomic E-state index is 11.7. The molecule has 16 heavy (non-hydrogen) atoms. The summed E-state index contributed by atoms with van der Waals surface area (Å²) in [5.41, 5.74) is -0.492. The minimum absolute atomic E-state index is 0.0406. The molecule has 0 aromatic heterocycles. The molecule has 4 nitrogen and oxygen atoms in total. The molecule has 0 bridgehead atoms. The Balaban J connectivity index is 3.65. The zero-order valence-corrected chi connectivity index (χ0v) is 11.2. The lowest BCUT2D eigenvalue weighted by atomic mass is 10.0. The van der Waals surface area contributed by atoms with Crippen molar-refractivity contribution in [1.82, 2.24) is 10.6 Å². The lowest BCUT2D eigenvalue weighted by Crippen LogP contribution is -2.52. The molecule has 0 rings (SSSR count). The number of carbonyl (C=O) groups is 1. The van der Waals surface area contributed by atoms with Crippen LogP contribution in [-0.4, -0.2) is 37.2 Å². The number of hydrogen-bond donors (Lipinski definition) is 2. The summed E-state index contributed by atoms with van der Waals surface area (Å²) in [6.45, 7) is 11.9. The first kappa shape index (κ1) is 15.4. The fourth-order valence-corrected chi connectivity index (χ4v) is 1.34. The predicted molar refractivity (Wildman–Crippen MR) is 66.5 cm³/mol. The standard InChI is InChI=1S/C12H26N2O2/c1-6-14-12(4,5)11(15)13-8-7-9-16-10(2)3/h10,14H,6-9H2,1-5H3,(H,13,15). The molecule has 0 aromatic rings. The zero-order valence-electron chi connectivity index (χ0n) is 11.2. The molecule has 96 valence electrons. The zero-order chi connectivity index (χ0) is 12.6. The van der Waals surface area contributed by atoms with E-state index < -0.39 is 5.54 Å². The number of hydrogen-bond acceptors (Lipinski definition) is 3. The van der Waals surface area contributed by atoms with E-state index in [9.17, 15) is 4.79 Å². The van der Waals surface area contributed by atoms with Crippen LogP contribution in [0.4, 0.5) is 0 Å². The highest BCUT2D eigenvalue weighted by Crippen LogP contribution is 2.01. The molecule has 0 aliphatic carbocycles. The molecular formula is C12H26N2O2. The van der Waals surface area contributed by atoms with Crippen molar-refractivity contribution in [3.05, 3.63) is 0 Å². The number of carbonyl (C=O) groups excluding carboxylic acids is 1. The van der Waals surface area contributed by atoms with Crippen molar-refractivity contribution in [2.75, 3.05) is 19.7 Å². The SMILES string of the molecule is CCNC(C)(C)C(=O)NCCCOC(C)C. The van der Waals surface area contributed by atoms with Crippen LogP contribution in [0, 0.1) is 0 Å². The van der Waals surface area contributed by atoms with Crippen LogP contribution >= 0.6 is 0 Å². The molecule has 0 saturated heterocycles. The second-order valence-electron chi connectivity index (χ2n) is 4.68. The van der Waals surface area contributed by atoms with E-state index in [0.29, 0.717) is 13.2 Å². The van der Waals surface area contributed by atoms with Gasteiger partial charge in [0.1, 0.15) is 0 Å². The summed E-state index contributed by atoms with van der Waals surface area (Å²) < 4.78 is 5.39. The summed E-state index contributed by atoms with van der Waals surface area (Å²) >= 11 is 0. The van der Waals surface area contributed by atoms with Crippen molar-refractivity contribution in [2.45, 2.75) is 52.7 Å². The van der Waals surface area contributed by atoms with Gasteiger partial charge in [-0.1, -0.05) is 6.92 Å². The molecule has 0 radical (unpaired) electrons. The van der Waals surface area contributed by atoms with Crippen LogP contribution in [0.15, 0.2) is 0 Å². The summed E-state index contributed by atoms with van der Waals surface area (Å²) in [6, 6.07) is 0. The van der Waals surface area contributed by atoms with E-state index in [1.54, 1.807) is 0 Å². The minimum Gasteiger partial charge on any atom is -0.379 e. The van der Waals surface area contributed by atoms with Crippen molar-refractivity contribution >= 4 is 5.91 Å². The molecule has 0 atom stereocenters. The van der Waals surface area contributed by atoms with Gasteiger partial charge >= 0.3 is 0 Å². The third-order valence-corrected chi connectivity index (χ3v) is 2.24. The Bertz CT molecular complexity index is 203. The van der Waals surface area contributed by atoms with Gasteiger partial charge in [-0.3, -0.25) is 4.79 Å². The number of rotatable bonds is 8. The van der Waals surface area contributed by atoms with Gasteiger partial charge in [-0.15, -0.1) is 0 Å². The van der Waals surface area contributed by atoms with Crippen LogP contribution in [0.1, 0.15) is 41.0 Å². The van der Waals surface area contributed by atoms with Crippen LogP contribution in [0.2, 0.25) is 0 Å². The molecule has 0 fully saturated rings. The van der Waals surface area contributed by atoms with Crippen molar-refractivity contribution in [3.63, 3.8) is 0 Å². The average molecular weight is 230 g/mol. The molecule has 0 saturated carbocycles. The Kier molecular flexibility index (Phi) is 7.34. The Morgan fingerprint density at radius 1 is 1.38 bits per heavy atom. The topological polar surface area (TPSA) is 50.4 Å². The fourth-order valence-electron chi connectivity index (χ4n) is 1.34. The van der Waals surface area contributed by atoms with E-state index in [2.05, 4.69) is 10.6 Å². The molecular weight excluding hydrogens is 204 g/mol. The Morgan fingerprint density at radius 2 is 2.00 bits per heavy atom. The van der Waals surface area contributed by atoms with Crippen LogP contribution in [0.3, 0.4) is 0 Å². The van der Waals surface area contributed by atoms with Gasteiger partial charge < -0.3 is 15.4 Å². The second-order valence-corrected chi connectivity index (χ2v) is 4.68. The van der Waals surface area contributed by atoms with E-state index in [0.717, 1.165) is 13.0 Å². The molecule has 0 aliphatic heterocycles. The van der Waals surface area contributed by atoms with Crippen molar-refractivity contribution in [1.29, 1.82) is 0 Å². The van der Waals surface area contributed by atoms with Crippen LogP contribution < -0.4 is 10.6 Å². The van der Waals surface area contributed by atoms with E-state index in [4.69, 9.17) is 4.74 Å². The monoisotopic (exact) mass is 230 g/mol. The van der Waals surface area contributed by atoms with Crippen molar-refractivity contribution in [3.8, 4) is 0 Å². The Labute approximate surface area is 99.1 Å². The molecule has 0 aliphatic rings. The lowest BCUT2D eigenvalue weighted by molar-refractivity contribution is -0.126. The first-order chi connectivity index (χ1) is 7.40. The van der Waals surface area contributed by atoms with Gasteiger partial charge in [0, 0.05) is 13.2 Å². The van der Waals surface area contributed by atoms with Crippen LogP contribution in [0.5, 0.6) is 0 Å². The van der Waals surface area contributed by atoms with Gasteiger partial charge in [-0.2, -0.15) is 0 Å². The van der Waals surface area contributed by atoms with E-state index in [-0.39, 0.29) is 12.0 Å². The van der Waals surface area contributed by atoms with Crippen LogP contribution in [0.25, 0.3) is 0 Å². The maximum Gasteiger partial charge on any atom is 0.239 e. The summed E-state index contributed by atoms with van der Waals surface area (Å²) in [6.07, 6.45) is 1.11. The molecule has 1 amide bonds. The third kappa shape index (κ3) is 6.80. The quantitative estimate of drug-likeness (QED) is 0.618. The van der Waals surface area contributed by atoms with Gasteiger partial charge in [0.2, 0.25) is 5.91 Å². The second kappa shape index (κ2) is 7.63. The van der Waals surface area contributed by atoms with E-state index in [1.165, 1.54) is 0 Å². The smallest absolute Gasteiger partial charge is 0.239 e. The molecule has 0 unspecified atom stereocenters. The molecule has 0 spiro atoms. The van der Waals surface area contributed by atoms with Gasteiger partial charge in [0.05, 0.1) is 11.6 Å². The molecule has 0 aromatic carbocycles. The summed E-state index contributed by atoms with van der Waals surface area (Å²) in [5.74, 6) is 0.0406. The third-order valence-electron chi connectivity index (χ3n) is 2.24. The summed E-state index contributed by atoms with van der Waals surface area (Å²) in [5, 5.41) is 6.04. The molecule has 2 N–H and O–H groups in total. The highest BCUT2D eigenvalue weighted by atomic mass is 16.5. The van der Waals surface area contributed by atoms with Gasteiger partial charge in [-0.25, -0.2) is 0 Å². The van der Waals surface area contributed by atoms with Gasteiger partial charge in [-0.05, 0) is 40.7 Å². The van der Waals surface area contributed by atoms with E-state index in [1.807, 2.05) is 34.6 Å². The molecule has 0 heterocycles. The van der Waals surface area contributed by atoms with Crippen molar-refractivity contribution < 1.29 is 9.53 Å². The van der Waals surface area contributed by atoms with Gasteiger partial charge in [0.25, 0.3) is 0 Å². The first-order valence-corrected chi connectivity index (χ1v) is 6.05. The largest absolute Gasteiger partial charge is 0.379 e. The number of nitrogens with one attached hydrogen (secondary N) is 2. The summed E-state index contributed by atoms with van der Waals surface area (Å²) in [7, 11) is 0. The Morgan fingerprint density at radius 3 is 2.50 bits per heavy atom. The van der Waals surface area contributed by atoms with Crippen molar-refractivity contribution in [2.24, 2.45) is 0 Å². The van der Waals surface area contributed by atoms with Gasteiger partial charge in [0.15, 0.2) is 0 Å². The Hall–Kier alpha value is -0.610. The number of amides is 1. The summed E-state index contributed by atoms with van der Waals surface area (Å²) in [4.78, 5) is 11.7. The minimum atomic E-state index is -0.492. The van der Waals surface area contributed by atoms with Crippen LogP contribution in [-0.2, 0) is 9.53 Å². The fraction of sp³-hybridized carbons (Fsp3) is 0.917. The first-order valence-electron chi connectivity index (χ1n) is 6.05. The molecule has 4 heteroatoms. The average Bonchev–Trinajstić information content (AvgIpc) is 2.16.